The average molecular weight is 281 g/mol. The molecule has 0 aliphatic rings. The van der Waals surface area contributed by atoms with Gasteiger partial charge in [-0.2, -0.15) is 23.5 Å². The van der Waals surface area contributed by atoms with Gasteiger partial charge < -0.3 is 0 Å². The van der Waals surface area contributed by atoms with Gasteiger partial charge >= 0.3 is 0 Å². The molecule has 0 radical (unpaired) electrons. The van der Waals surface area contributed by atoms with Crippen LogP contribution in [0.2, 0.25) is 24.7 Å². The van der Waals surface area contributed by atoms with Crippen molar-refractivity contribution in [3.63, 3.8) is 0 Å². The van der Waals surface area contributed by atoms with Crippen molar-refractivity contribution in [2.24, 2.45) is 0 Å². The minimum absolute atomic E-state index is 0.343. The fourth-order valence-corrected chi connectivity index (χ4v) is 6.15. The minimum Gasteiger partial charge on any atom is -0.161 e. The Labute approximate surface area is 110 Å². The molecule has 0 amide bonds. The van der Waals surface area contributed by atoms with E-state index in [4.69, 9.17) is 0 Å². The molecule has 0 aliphatic carbocycles. The van der Waals surface area contributed by atoms with Crippen molar-refractivity contribution in [2.45, 2.75) is 44.4 Å². The molecule has 0 spiro atoms. The lowest BCUT2D eigenvalue weighted by Gasteiger charge is -2.01. The van der Waals surface area contributed by atoms with Crippen molar-refractivity contribution in [3.05, 3.63) is 0 Å². The van der Waals surface area contributed by atoms with E-state index in [0.29, 0.717) is 19.0 Å². The predicted octanol–water partition coefficient (Wildman–Crippen LogP) is 2.89. The molecule has 0 rings (SSSR count). The van der Waals surface area contributed by atoms with Crippen LogP contribution in [-0.4, -0.2) is 42.1 Å². The van der Waals surface area contributed by atoms with Crippen LogP contribution in [0.25, 0.3) is 0 Å². The van der Waals surface area contributed by atoms with E-state index < -0.39 is 0 Å². The Morgan fingerprint density at radius 3 is 2.00 bits per heavy atom. The SMILES string of the molecule is CC[SiH2]CCCSCCSCCC[SiH2]C. The Morgan fingerprint density at radius 1 is 0.867 bits per heavy atom. The first-order valence-corrected chi connectivity index (χ1v) is 13.3. The highest BCUT2D eigenvalue weighted by Crippen LogP contribution is 2.11. The first-order valence-electron chi connectivity index (χ1n) is 6.57. The Bertz CT molecular complexity index is 101. The van der Waals surface area contributed by atoms with E-state index >= 15 is 0 Å². The number of hydrogen-bond acceptors (Lipinski definition) is 2. The Kier molecular flexibility index (Phi) is 16.3. The van der Waals surface area contributed by atoms with Crippen molar-refractivity contribution in [1.82, 2.24) is 0 Å². The molecule has 92 valence electrons. The summed E-state index contributed by atoms with van der Waals surface area (Å²) >= 11 is 4.35. The van der Waals surface area contributed by atoms with Crippen LogP contribution in [0.5, 0.6) is 0 Å². The zero-order chi connectivity index (χ0) is 11.2. The van der Waals surface area contributed by atoms with Gasteiger partial charge in [0.25, 0.3) is 0 Å². The zero-order valence-electron chi connectivity index (χ0n) is 10.6. The maximum Gasteiger partial charge on any atom is 0.0195 e. The molecular formula is C11H28S2Si2. The van der Waals surface area contributed by atoms with Gasteiger partial charge in [0, 0.05) is 30.5 Å². The topological polar surface area (TPSA) is 0 Å². The Balaban J connectivity index is 2.81. The smallest absolute Gasteiger partial charge is 0.0195 e. The van der Waals surface area contributed by atoms with E-state index in [1.54, 1.807) is 12.1 Å². The first-order chi connectivity index (χ1) is 7.41. The van der Waals surface area contributed by atoms with Gasteiger partial charge in [0.05, 0.1) is 0 Å². The van der Waals surface area contributed by atoms with Crippen LogP contribution >= 0.6 is 23.5 Å². The summed E-state index contributed by atoms with van der Waals surface area (Å²) in [5.41, 5.74) is 0. The fourth-order valence-electron chi connectivity index (χ4n) is 1.41. The first kappa shape index (κ1) is 16.1. The summed E-state index contributed by atoms with van der Waals surface area (Å²) in [6.07, 6.45) is 2.98. The van der Waals surface area contributed by atoms with Crippen LogP contribution < -0.4 is 0 Å². The van der Waals surface area contributed by atoms with Crippen LogP contribution in [0.15, 0.2) is 0 Å². The highest BCUT2D eigenvalue weighted by atomic mass is 32.2. The Hall–Kier alpha value is 1.13. The third-order valence-electron chi connectivity index (χ3n) is 2.41. The molecule has 0 aromatic carbocycles. The van der Waals surface area contributed by atoms with Gasteiger partial charge in [-0.1, -0.05) is 31.6 Å². The molecule has 0 aromatic rings. The summed E-state index contributed by atoms with van der Waals surface area (Å²) in [6.45, 7) is 4.76. The second kappa shape index (κ2) is 15.1. The van der Waals surface area contributed by atoms with Crippen LogP contribution in [0, 0.1) is 0 Å². The lowest BCUT2D eigenvalue weighted by atomic mass is 10.6. The highest BCUT2D eigenvalue weighted by molar-refractivity contribution is 8.02. The summed E-state index contributed by atoms with van der Waals surface area (Å²) < 4.78 is 0. The van der Waals surface area contributed by atoms with Crippen LogP contribution in [0.3, 0.4) is 0 Å². The van der Waals surface area contributed by atoms with Gasteiger partial charge in [-0.25, -0.2) is 0 Å². The van der Waals surface area contributed by atoms with Gasteiger partial charge in [-0.05, 0) is 24.3 Å². The fraction of sp³-hybridized carbons (Fsp3) is 1.00. The molecular weight excluding hydrogens is 252 g/mol. The van der Waals surface area contributed by atoms with E-state index in [2.05, 4.69) is 37.0 Å². The van der Waals surface area contributed by atoms with Crippen molar-refractivity contribution in [1.29, 1.82) is 0 Å². The van der Waals surface area contributed by atoms with Gasteiger partial charge in [0.15, 0.2) is 0 Å². The molecule has 15 heavy (non-hydrogen) atoms. The third-order valence-corrected chi connectivity index (χ3v) is 7.72. The second-order valence-electron chi connectivity index (χ2n) is 3.99. The minimum atomic E-state index is 0.343. The Morgan fingerprint density at radius 2 is 1.47 bits per heavy atom. The van der Waals surface area contributed by atoms with Crippen LogP contribution in [0.4, 0.5) is 0 Å². The summed E-state index contributed by atoms with van der Waals surface area (Å²) in [6, 6.07) is 4.64. The lowest BCUT2D eigenvalue weighted by molar-refractivity contribution is 1.08. The van der Waals surface area contributed by atoms with Crippen molar-refractivity contribution in [2.75, 3.05) is 23.0 Å². The molecule has 0 fully saturated rings. The van der Waals surface area contributed by atoms with E-state index in [-0.39, 0.29) is 0 Å². The van der Waals surface area contributed by atoms with Crippen molar-refractivity contribution in [3.8, 4) is 0 Å². The molecule has 0 nitrogen and oxygen atoms in total. The molecule has 0 unspecified atom stereocenters. The van der Waals surface area contributed by atoms with Gasteiger partial charge in [-0.3, -0.25) is 0 Å². The maximum atomic E-state index is 2.42. The standard InChI is InChI=1S/C11H28S2Si2/c1-3-15-11-5-7-13-9-8-12-6-4-10-14-2/h3-11,14-15H2,1-2H3. The molecule has 0 saturated heterocycles. The van der Waals surface area contributed by atoms with Crippen molar-refractivity contribution < 1.29 is 0 Å². The van der Waals surface area contributed by atoms with E-state index in [1.807, 2.05) is 0 Å². The van der Waals surface area contributed by atoms with Gasteiger partial charge in [-0.15, -0.1) is 0 Å². The van der Waals surface area contributed by atoms with Crippen LogP contribution in [0.1, 0.15) is 19.8 Å². The molecule has 0 aromatic heterocycles. The second-order valence-corrected chi connectivity index (χ2v) is 10.6. The zero-order valence-corrected chi connectivity index (χ0v) is 15.1. The monoisotopic (exact) mass is 280 g/mol. The number of hydrogen-bond donors (Lipinski definition) is 0. The third kappa shape index (κ3) is 15.1. The summed E-state index contributed by atoms with van der Waals surface area (Å²) in [4.78, 5) is 0. The molecule has 0 atom stereocenters. The van der Waals surface area contributed by atoms with Crippen molar-refractivity contribution >= 4 is 42.6 Å². The summed E-state index contributed by atoms with van der Waals surface area (Å²) in [5, 5.41) is 0. The van der Waals surface area contributed by atoms with Gasteiger partial charge in [0.1, 0.15) is 0 Å². The predicted molar refractivity (Wildman–Crippen MR) is 86.9 cm³/mol. The summed E-state index contributed by atoms with van der Waals surface area (Å²) in [7, 11) is 0.697. The maximum absolute atomic E-state index is 2.42. The molecule has 0 bridgehead atoms. The molecule has 0 N–H and O–H groups in total. The van der Waals surface area contributed by atoms with Gasteiger partial charge in [0.2, 0.25) is 0 Å². The highest BCUT2D eigenvalue weighted by Gasteiger charge is 1.92. The van der Waals surface area contributed by atoms with Crippen LogP contribution in [-0.2, 0) is 0 Å². The average Bonchev–Trinajstić information content (AvgIpc) is 2.26. The summed E-state index contributed by atoms with van der Waals surface area (Å²) in [5.74, 6) is 5.63. The number of thioether (sulfide) groups is 2. The van der Waals surface area contributed by atoms with E-state index in [9.17, 15) is 0 Å². The molecule has 4 heteroatoms. The quantitative estimate of drug-likeness (QED) is 0.398. The van der Waals surface area contributed by atoms with E-state index in [1.165, 1.54) is 41.9 Å². The molecule has 0 saturated carbocycles. The van der Waals surface area contributed by atoms with E-state index in [0.717, 1.165) is 0 Å². The largest absolute Gasteiger partial charge is 0.161 e. The molecule has 0 heterocycles. The lowest BCUT2D eigenvalue weighted by Crippen LogP contribution is -1.92. The number of rotatable bonds is 12. The molecule has 0 aliphatic heterocycles. The normalized spacial score (nSPS) is 12.4.